The van der Waals surface area contributed by atoms with E-state index < -0.39 is 0 Å². The topological polar surface area (TPSA) is 68.0 Å². The third-order valence-electron chi connectivity index (χ3n) is 3.99. The highest BCUT2D eigenvalue weighted by atomic mass is 16.5. The van der Waals surface area contributed by atoms with Crippen molar-refractivity contribution in [3.8, 4) is 0 Å². The summed E-state index contributed by atoms with van der Waals surface area (Å²) in [5.41, 5.74) is 2.80. The summed E-state index contributed by atoms with van der Waals surface area (Å²) in [6.07, 6.45) is 2.40. The van der Waals surface area contributed by atoms with Gasteiger partial charge in [0.05, 0.1) is 22.7 Å². The number of hydrogen-bond acceptors (Lipinski definition) is 4. The lowest BCUT2D eigenvalue weighted by atomic mass is 9.96. The molecule has 1 amide bonds. The first-order valence-corrected chi connectivity index (χ1v) is 8.12. The van der Waals surface area contributed by atoms with Crippen LogP contribution in [0.5, 0.6) is 0 Å². The molecule has 0 saturated heterocycles. The van der Waals surface area contributed by atoms with E-state index in [1.165, 1.54) is 6.20 Å². The maximum atomic E-state index is 12.7. The van der Waals surface area contributed by atoms with Gasteiger partial charge in [0.1, 0.15) is 0 Å². The maximum Gasteiger partial charge on any atom is 0.257 e. The van der Waals surface area contributed by atoms with Crippen molar-refractivity contribution in [1.29, 1.82) is 0 Å². The zero-order valence-electron chi connectivity index (χ0n) is 14.1. The summed E-state index contributed by atoms with van der Waals surface area (Å²) >= 11 is 0. The van der Waals surface area contributed by atoms with Gasteiger partial charge in [0.2, 0.25) is 0 Å². The van der Waals surface area contributed by atoms with E-state index in [-0.39, 0.29) is 11.9 Å². The zero-order chi connectivity index (χ0) is 17.1. The number of nitrogens with zero attached hydrogens (tertiary/aromatic N) is 2. The van der Waals surface area contributed by atoms with Crippen LogP contribution in [0.1, 0.15) is 47.9 Å². The second kappa shape index (κ2) is 6.83. The van der Waals surface area contributed by atoms with Crippen LogP contribution in [0.2, 0.25) is 0 Å². The van der Waals surface area contributed by atoms with Crippen LogP contribution in [-0.4, -0.2) is 16.0 Å². The molecule has 5 heteroatoms. The zero-order valence-corrected chi connectivity index (χ0v) is 14.1. The first-order chi connectivity index (χ1) is 11.5. The fourth-order valence-electron chi connectivity index (χ4n) is 2.75. The number of carbonyl (C=O) groups is 1. The molecular formula is C19H21N3O2. The Balaban J connectivity index is 1.85. The van der Waals surface area contributed by atoms with Gasteiger partial charge >= 0.3 is 0 Å². The van der Waals surface area contributed by atoms with Crippen LogP contribution in [-0.2, 0) is 0 Å². The fourth-order valence-corrected chi connectivity index (χ4v) is 2.75. The molecule has 0 radical (unpaired) electrons. The van der Waals surface area contributed by atoms with E-state index in [2.05, 4.69) is 29.3 Å². The van der Waals surface area contributed by atoms with Gasteiger partial charge in [0.15, 0.2) is 0 Å². The van der Waals surface area contributed by atoms with Crippen molar-refractivity contribution >= 4 is 17.0 Å². The number of nitrogens with one attached hydrogen (secondary N) is 1. The van der Waals surface area contributed by atoms with Crippen LogP contribution < -0.4 is 5.32 Å². The molecule has 124 valence electrons. The second-order valence-corrected chi connectivity index (χ2v) is 6.41. The van der Waals surface area contributed by atoms with E-state index in [0.717, 1.165) is 23.1 Å². The molecule has 0 aliphatic heterocycles. The minimum atomic E-state index is -0.139. The molecule has 3 rings (SSSR count). The smallest absolute Gasteiger partial charge is 0.257 e. The quantitative estimate of drug-likeness (QED) is 0.769. The number of rotatable bonds is 5. The molecule has 0 aliphatic carbocycles. The molecule has 2 heterocycles. The number of fused-ring (bicyclic) bond motifs is 1. The van der Waals surface area contributed by atoms with Crippen molar-refractivity contribution in [2.24, 2.45) is 5.92 Å². The number of aromatic nitrogens is 2. The van der Waals surface area contributed by atoms with Crippen LogP contribution >= 0.6 is 0 Å². The molecule has 1 atom stereocenters. The number of amides is 1. The SMILES string of the molecule is Cc1noc2ncc(C(=O)NC(CC(C)C)c3ccccc3)cc12. The third-order valence-corrected chi connectivity index (χ3v) is 3.99. The molecule has 0 saturated carbocycles. The first kappa shape index (κ1) is 16.2. The summed E-state index contributed by atoms with van der Waals surface area (Å²) < 4.78 is 5.09. The molecule has 0 bridgehead atoms. The van der Waals surface area contributed by atoms with E-state index in [1.807, 2.05) is 37.3 Å². The highest BCUT2D eigenvalue weighted by Crippen LogP contribution is 2.22. The van der Waals surface area contributed by atoms with E-state index in [1.54, 1.807) is 6.07 Å². The van der Waals surface area contributed by atoms with Gasteiger partial charge in [-0.05, 0) is 30.9 Å². The van der Waals surface area contributed by atoms with Crippen LogP contribution in [0, 0.1) is 12.8 Å². The molecule has 24 heavy (non-hydrogen) atoms. The van der Waals surface area contributed by atoms with Crippen molar-refractivity contribution < 1.29 is 9.32 Å². The fraction of sp³-hybridized carbons (Fsp3) is 0.316. The van der Waals surface area contributed by atoms with Gasteiger partial charge in [0.25, 0.3) is 11.6 Å². The molecule has 2 aromatic heterocycles. The van der Waals surface area contributed by atoms with Gasteiger partial charge in [-0.3, -0.25) is 4.79 Å². The highest BCUT2D eigenvalue weighted by Gasteiger charge is 2.18. The van der Waals surface area contributed by atoms with Crippen LogP contribution in [0.3, 0.4) is 0 Å². The molecule has 0 fully saturated rings. The lowest BCUT2D eigenvalue weighted by Gasteiger charge is -2.21. The summed E-state index contributed by atoms with van der Waals surface area (Å²) in [7, 11) is 0. The number of aryl methyl sites for hydroxylation is 1. The molecule has 5 nitrogen and oxygen atoms in total. The lowest BCUT2D eigenvalue weighted by Crippen LogP contribution is -2.29. The average Bonchev–Trinajstić information content (AvgIpc) is 2.95. The van der Waals surface area contributed by atoms with Gasteiger partial charge in [-0.2, -0.15) is 0 Å². The Morgan fingerprint density at radius 1 is 1.25 bits per heavy atom. The largest absolute Gasteiger partial charge is 0.345 e. The van der Waals surface area contributed by atoms with Crippen LogP contribution in [0.25, 0.3) is 11.1 Å². The molecule has 1 N–H and O–H groups in total. The molecular weight excluding hydrogens is 302 g/mol. The molecule has 0 aliphatic rings. The average molecular weight is 323 g/mol. The number of hydrogen-bond donors (Lipinski definition) is 1. The van der Waals surface area contributed by atoms with E-state index >= 15 is 0 Å². The van der Waals surface area contributed by atoms with Crippen LogP contribution in [0.4, 0.5) is 0 Å². The summed E-state index contributed by atoms with van der Waals surface area (Å²) in [4.78, 5) is 16.9. The maximum absolute atomic E-state index is 12.7. The van der Waals surface area contributed by atoms with Gasteiger partial charge in [-0.1, -0.05) is 49.3 Å². The van der Waals surface area contributed by atoms with E-state index in [0.29, 0.717) is 17.2 Å². The Morgan fingerprint density at radius 3 is 2.71 bits per heavy atom. The van der Waals surface area contributed by atoms with E-state index in [4.69, 9.17) is 4.52 Å². The predicted octanol–water partition coefficient (Wildman–Crippen LogP) is 4.05. The Bertz CT molecular complexity index is 840. The molecule has 1 aromatic carbocycles. The van der Waals surface area contributed by atoms with Gasteiger partial charge < -0.3 is 9.84 Å². The monoisotopic (exact) mass is 323 g/mol. The molecule has 3 aromatic rings. The standard InChI is InChI=1S/C19H21N3O2/c1-12(2)9-17(14-7-5-4-6-8-14)21-18(23)15-10-16-13(3)22-24-19(16)20-11-15/h4-8,10-12,17H,9H2,1-3H3,(H,21,23). The second-order valence-electron chi connectivity index (χ2n) is 6.41. The predicted molar refractivity (Wildman–Crippen MR) is 92.6 cm³/mol. The van der Waals surface area contributed by atoms with Crippen molar-refractivity contribution in [1.82, 2.24) is 15.5 Å². The minimum Gasteiger partial charge on any atom is -0.345 e. The van der Waals surface area contributed by atoms with Crippen molar-refractivity contribution in [3.63, 3.8) is 0 Å². The van der Waals surface area contributed by atoms with Crippen molar-refractivity contribution in [3.05, 3.63) is 59.4 Å². The summed E-state index contributed by atoms with van der Waals surface area (Å²) in [6, 6.07) is 11.8. The Kier molecular flexibility index (Phi) is 4.60. The Morgan fingerprint density at radius 2 is 2.00 bits per heavy atom. The van der Waals surface area contributed by atoms with Gasteiger partial charge in [-0.25, -0.2) is 4.98 Å². The van der Waals surface area contributed by atoms with Gasteiger partial charge in [-0.15, -0.1) is 0 Å². The summed E-state index contributed by atoms with van der Waals surface area (Å²) in [6.45, 7) is 6.13. The van der Waals surface area contributed by atoms with Crippen molar-refractivity contribution in [2.75, 3.05) is 0 Å². The summed E-state index contributed by atoms with van der Waals surface area (Å²) in [5.74, 6) is 0.330. The Labute approximate surface area is 141 Å². The minimum absolute atomic E-state index is 0.0297. The van der Waals surface area contributed by atoms with Crippen molar-refractivity contribution in [2.45, 2.75) is 33.2 Å². The number of carbonyl (C=O) groups excluding carboxylic acids is 1. The number of benzene rings is 1. The van der Waals surface area contributed by atoms with E-state index in [9.17, 15) is 4.79 Å². The Hall–Kier alpha value is -2.69. The van der Waals surface area contributed by atoms with Crippen LogP contribution in [0.15, 0.2) is 47.1 Å². The molecule has 1 unspecified atom stereocenters. The third kappa shape index (κ3) is 3.45. The summed E-state index contributed by atoms with van der Waals surface area (Å²) in [5, 5.41) is 7.77. The van der Waals surface area contributed by atoms with Gasteiger partial charge in [0, 0.05) is 6.20 Å². The number of pyridine rings is 1. The normalized spacial score (nSPS) is 12.5. The molecule has 0 spiro atoms. The lowest BCUT2D eigenvalue weighted by molar-refractivity contribution is 0.0931. The first-order valence-electron chi connectivity index (χ1n) is 8.12. The highest BCUT2D eigenvalue weighted by molar-refractivity contribution is 5.97.